The number of nitrogens with two attached hydrogens (primary N) is 1. The van der Waals surface area contributed by atoms with E-state index in [1.165, 1.54) is 36.5 Å². The lowest BCUT2D eigenvalue weighted by molar-refractivity contribution is 0.0696. The zero-order chi connectivity index (χ0) is 14.1. The van der Waals surface area contributed by atoms with Crippen molar-refractivity contribution >= 4 is 34.6 Å². The largest absolute Gasteiger partial charge is 0.478 e. The highest BCUT2D eigenvalue weighted by molar-refractivity contribution is 7.99. The number of nitrogen functional groups attached to an aromatic ring is 1. The Morgan fingerprint density at radius 1 is 1.30 bits per heavy atom. The van der Waals surface area contributed by atoms with Gasteiger partial charge in [-0.05, 0) is 18.2 Å². The van der Waals surface area contributed by atoms with Gasteiger partial charge in [0.15, 0.2) is 5.65 Å². The Morgan fingerprint density at radius 2 is 2.15 bits per heavy atom. The van der Waals surface area contributed by atoms with Gasteiger partial charge in [-0.3, -0.25) is 0 Å². The van der Waals surface area contributed by atoms with Gasteiger partial charge in [0.1, 0.15) is 16.9 Å². The van der Waals surface area contributed by atoms with E-state index >= 15 is 0 Å². The molecule has 0 aliphatic heterocycles. The second-order valence-electron chi connectivity index (χ2n) is 3.94. The average Bonchev–Trinajstić information content (AvgIpc) is 2.90. The number of aromatic amines is 1. The van der Waals surface area contributed by atoms with E-state index in [2.05, 4.69) is 19.9 Å². The molecular formula is C12H9N5O2S. The molecule has 0 saturated carbocycles. The van der Waals surface area contributed by atoms with E-state index in [1.807, 2.05) is 0 Å². The number of aromatic carboxylic acids is 1. The third-order valence-corrected chi connectivity index (χ3v) is 3.73. The Hall–Kier alpha value is -2.61. The van der Waals surface area contributed by atoms with Crippen LogP contribution in [0.15, 0.2) is 40.8 Å². The molecular weight excluding hydrogens is 278 g/mol. The zero-order valence-corrected chi connectivity index (χ0v) is 10.9. The van der Waals surface area contributed by atoms with Gasteiger partial charge in [-0.15, -0.1) is 0 Å². The number of H-pyrrole nitrogens is 1. The number of carboxylic acid groups (broad SMARTS) is 1. The fourth-order valence-corrected chi connectivity index (χ4v) is 2.61. The molecule has 8 heteroatoms. The smallest absolute Gasteiger partial charge is 0.335 e. The van der Waals surface area contributed by atoms with Crippen LogP contribution in [-0.2, 0) is 0 Å². The molecule has 0 atom stereocenters. The maximum Gasteiger partial charge on any atom is 0.335 e. The molecule has 3 rings (SSSR count). The van der Waals surface area contributed by atoms with Crippen LogP contribution in [0.5, 0.6) is 0 Å². The van der Waals surface area contributed by atoms with Crippen LogP contribution < -0.4 is 5.73 Å². The Morgan fingerprint density at radius 3 is 2.95 bits per heavy atom. The summed E-state index contributed by atoms with van der Waals surface area (Å²) in [5, 5.41) is 9.65. The van der Waals surface area contributed by atoms with E-state index in [-0.39, 0.29) is 5.56 Å². The molecule has 4 N–H and O–H groups in total. The van der Waals surface area contributed by atoms with Crippen LogP contribution in [0.25, 0.3) is 11.2 Å². The van der Waals surface area contributed by atoms with E-state index in [0.717, 1.165) is 0 Å². The van der Waals surface area contributed by atoms with Crippen molar-refractivity contribution in [1.29, 1.82) is 0 Å². The van der Waals surface area contributed by atoms with Crippen LogP contribution in [0, 0.1) is 0 Å². The second-order valence-corrected chi connectivity index (χ2v) is 4.97. The van der Waals surface area contributed by atoms with E-state index in [9.17, 15) is 4.79 Å². The lowest BCUT2D eigenvalue weighted by Gasteiger charge is -2.06. The Balaban J connectivity index is 2.04. The molecule has 0 saturated heterocycles. The zero-order valence-electron chi connectivity index (χ0n) is 10.1. The van der Waals surface area contributed by atoms with Gasteiger partial charge in [-0.1, -0.05) is 11.8 Å². The van der Waals surface area contributed by atoms with Gasteiger partial charge < -0.3 is 15.8 Å². The molecule has 0 fully saturated rings. The normalized spacial score (nSPS) is 10.8. The van der Waals surface area contributed by atoms with Gasteiger partial charge >= 0.3 is 5.97 Å². The number of hydrogen-bond donors (Lipinski definition) is 3. The molecule has 3 aromatic rings. The lowest BCUT2D eigenvalue weighted by Crippen LogP contribution is -1.98. The number of carbonyl (C=O) groups is 1. The van der Waals surface area contributed by atoms with Crippen LogP contribution in [0.4, 0.5) is 5.69 Å². The molecule has 7 nitrogen and oxygen atoms in total. The molecule has 0 amide bonds. The van der Waals surface area contributed by atoms with Crippen LogP contribution in [0.1, 0.15) is 10.4 Å². The maximum atomic E-state index is 11.0. The number of anilines is 1. The first-order chi connectivity index (χ1) is 9.65. The first-order valence-corrected chi connectivity index (χ1v) is 6.41. The van der Waals surface area contributed by atoms with Crippen LogP contribution >= 0.6 is 11.8 Å². The number of rotatable bonds is 3. The average molecular weight is 287 g/mol. The molecule has 100 valence electrons. The van der Waals surface area contributed by atoms with E-state index < -0.39 is 5.97 Å². The molecule has 20 heavy (non-hydrogen) atoms. The number of nitrogens with zero attached hydrogens (tertiary/aromatic N) is 3. The van der Waals surface area contributed by atoms with Crippen LogP contribution in [0.3, 0.4) is 0 Å². The van der Waals surface area contributed by atoms with Gasteiger partial charge in [0, 0.05) is 10.6 Å². The maximum absolute atomic E-state index is 11.0. The summed E-state index contributed by atoms with van der Waals surface area (Å²) in [5.74, 6) is -0.999. The van der Waals surface area contributed by atoms with Crippen molar-refractivity contribution in [1.82, 2.24) is 19.9 Å². The minimum Gasteiger partial charge on any atom is -0.478 e. The molecule has 0 aliphatic rings. The number of benzene rings is 1. The predicted molar refractivity (Wildman–Crippen MR) is 73.6 cm³/mol. The second kappa shape index (κ2) is 4.82. The number of imidazole rings is 1. The molecule has 2 heterocycles. The minimum absolute atomic E-state index is 0.177. The van der Waals surface area contributed by atoms with Crippen molar-refractivity contribution in [2.24, 2.45) is 0 Å². The quantitative estimate of drug-likeness (QED) is 0.496. The lowest BCUT2D eigenvalue weighted by atomic mass is 10.2. The number of carboxylic acids is 1. The van der Waals surface area contributed by atoms with Crippen molar-refractivity contribution in [3.8, 4) is 0 Å². The summed E-state index contributed by atoms with van der Waals surface area (Å²) in [6.07, 6.45) is 2.93. The van der Waals surface area contributed by atoms with Crippen molar-refractivity contribution in [2.75, 3.05) is 5.73 Å². The number of fused-ring (bicyclic) bond motifs is 1. The summed E-state index contributed by atoms with van der Waals surface area (Å²) in [6, 6.07) is 4.55. The van der Waals surface area contributed by atoms with Crippen LogP contribution in [0.2, 0.25) is 0 Å². The summed E-state index contributed by atoms with van der Waals surface area (Å²) in [7, 11) is 0. The number of nitrogens with one attached hydrogen (secondary N) is 1. The number of aromatic nitrogens is 4. The van der Waals surface area contributed by atoms with E-state index in [4.69, 9.17) is 10.8 Å². The van der Waals surface area contributed by atoms with Crippen molar-refractivity contribution in [3.63, 3.8) is 0 Å². The first-order valence-electron chi connectivity index (χ1n) is 5.60. The molecule has 0 radical (unpaired) electrons. The van der Waals surface area contributed by atoms with Crippen molar-refractivity contribution in [3.05, 3.63) is 36.4 Å². The Bertz CT molecular complexity index is 801. The van der Waals surface area contributed by atoms with Gasteiger partial charge in [-0.25, -0.2) is 19.7 Å². The molecule has 0 spiro atoms. The fourth-order valence-electron chi connectivity index (χ4n) is 1.68. The van der Waals surface area contributed by atoms with Gasteiger partial charge in [0.2, 0.25) is 0 Å². The summed E-state index contributed by atoms with van der Waals surface area (Å²) < 4.78 is 0. The van der Waals surface area contributed by atoms with Crippen LogP contribution in [-0.4, -0.2) is 31.0 Å². The summed E-state index contributed by atoms with van der Waals surface area (Å²) in [6.45, 7) is 0. The van der Waals surface area contributed by atoms with E-state index in [1.54, 1.807) is 6.07 Å². The minimum atomic E-state index is -0.999. The standard InChI is InChI=1S/C12H9N5O2S/c13-7-2-1-6(12(18)19)3-8(7)20-11-9-10(15-4-14-9)16-5-17-11/h1-5H,13H2,(H,18,19)(H,14,15,16,17). The topological polar surface area (TPSA) is 118 Å². The van der Waals surface area contributed by atoms with Crippen molar-refractivity contribution in [2.45, 2.75) is 9.92 Å². The molecule has 2 aromatic heterocycles. The van der Waals surface area contributed by atoms with Crippen molar-refractivity contribution < 1.29 is 9.90 Å². The fraction of sp³-hybridized carbons (Fsp3) is 0. The van der Waals surface area contributed by atoms with Gasteiger partial charge in [0.05, 0.1) is 11.9 Å². The summed E-state index contributed by atoms with van der Waals surface area (Å²) >= 11 is 1.27. The summed E-state index contributed by atoms with van der Waals surface area (Å²) in [4.78, 5) is 26.8. The van der Waals surface area contributed by atoms with Gasteiger partial charge in [-0.2, -0.15) is 0 Å². The molecule has 0 bridgehead atoms. The highest BCUT2D eigenvalue weighted by Crippen LogP contribution is 2.34. The van der Waals surface area contributed by atoms with Gasteiger partial charge in [0.25, 0.3) is 0 Å². The summed E-state index contributed by atoms with van der Waals surface area (Å²) in [5.41, 5.74) is 7.79. The predicted octanol–water partition coefficient (Wildman–Crippen LogP) is 1.78. The molecule has 0 unspecified atom stereocenters. The highest BCUT2D eigenvalue weighted by atomic mass is 32.2. The third-order valence-electron chi connectivity index (χ3n) is 2.66. The molecule has 1 aromatic carbocycles. The number of hydrogen-bond acceptors (Lipinski definition) is 6. The Labute approximate surface area is 117 Å². The SMILES string of the molecule is Nc1ccc(C(=O)O)cc1Sc1ncnc2nc[nH]c12. The highest BCUT2D eigenvalue weighted by Gasteiger charge is 2.12. The molecule has 0 aliphatic carbocycles. The first kappa shape index (κ1) is 12.4. The third kappa shape index (κ3) is 2.16. The van der Waals surface area contributed by atoms with E-state index in [0.29, 0.717) is 26.8 Å². The monoisotopic (exact) mass is 287 g/mol. The Kier molecular flexibility index (Phi) is 2.99.